The first-order valence-corrected chi connectivity index (χ1v) is 8.20. The first-order valence-electron chi connectivity index (χ1n) is 8.20. The second kappa shape index (κ2) is 8.02. The second-order valence-corrected chi connectivity index (χ2v) is 5.82. The summed E-state index contributed by atoms with van der Waals surface area (Å²) >= 11 is 0. The Morgan fingerprint density at radius 2 is 1.89 bits per heavy atom. The highest BCUT2D eigenvalue weighted by Gasteiger charge is 2.32. The number of piperazine rings is 1. The van der Waals surface area contributed by atoms with E-state index in [1.165, 1.54) is 12.1 Å². The average molecular weight is 378 g/mol. The molecule has 3 rings (SSSR count). The predicted molar refractivity (Wildman–Crippen MR) is 93.5 cm³/mol. The Morgan fingerprint density at radius 1 is 1.11 bits per heavy atom. The highest BCUT2D eigenvalue weighted by atomic mass is 19.4. The van der Waals surface area contributed by atoms with Gasteiger partial charge in [-0.25, -0.2) is 4.98 Å². The molecular weight excluding hydrogens is 361 g/mol. The number of carbonyl (C=O) groups is 1. The molecule has 1 aliphatic rings. The number of anilines is 3. The van der Waals surface area contributed by atoms with E-state index in [1.54, 1.807) is 18.5 Å². The molecular formula is C17H17F3N6O. The minimum Gasteiger partial charge on any atom is -0.374 e. The van der Waals surface area contributed by atoms with Crippen LogP contribution in [0.3, 0.4) is 0 Å². The van der Waals surface area contributed by atoms with Crippen molar-refractivity contribution < 1.29 is 18.0 Å². The maximum absolute atomic E-state index is 12.6. The van der Waals surface area contributed by atoms with Crippen LogP contribution in [0.25, 0.3) is 0 Å². The first kappa shape index (κ1) is 18.6. The number of pyridine rings is 1. The van der Waals surface area contributed by atoms with Gasteiger partial charge in [-0.3, -0.25) is 4.79 Å². The van der Waals surface area contributed by atoms with Gasteiger partial charge in [-0.05, 0) is 24.3 Å². The highest BCUT2D eigenvalue weighted by molar-refractivity contribution is 5.71. The molecule has 0 aromatic carbocycles. The summed E-state index contributed by atoms with van der Waals surface area (Å²) in [5.74, 6) is 0.441. The van der Waals surface area contributed by atoms with E-state index in [0.717, 1.165) is 37.3 Å². The van der Waals surface area contributed by atoms with Gasteiger partial charge in [-0.15, -0.1) is 5.10 Å². The number of allylic oxidation sites excluding steroid dienone is 1. The number of alkyl halides is 3. The van der Waals surface area contributed by atoms with Gasteiger partial charge < -0.3 is 15.1 Å². The van der Waals surface area contributed by atoms with E-state index >= 15 is 0 Å². The van der Waals surface area contributed by atoms with Crippen LogP contribution >= 0.6 is 0 Å². The van der Waals surface area contributed by atoms with Gasteiger partial charge in [0.2, 0.25) is 0 Å². The summed E-state index contributed by atoms with van der Waals surface area (Å²) in [7, 11) is 0. The minimum atomic E-state index is -4.48. The van der Waals surface area contributed by atoms with E-state index in [2.05, 4.69) is 25.4 Å². The second-order valence-electron chi connectivity index (χ2n) is 5.82. The van der Waals surface area contributed by atoms with E-state index in [4.69, 9.17) is 0 Å². The molecule has 2 aromatic heterocycles. The van der Waals surface area contributed by atoms with Gasteiger partial charge in [0.25, 0.3) is 0 Å². The molecule has 0 saturated carbocycles. The van der Waals surface area contributed by atoms with Gasteiger partial charge in [0.15, 0.2) is 5.82 Å². The number of hydrogen-bond acceptors (Lipinski definition) is 7. The maximum atomic E-state index is 12.6. The summed E-state index contributed by atoms with van der Waals surface area (Å²) in [5, 5.41) is 10.9. The van der Waals surface area contributed by atoms with Crippen molar-refractivity contribution in [2.45, 2.75) is 6.18 Å². The molecule has 2 aromatic rings. The Bertz CT molecular complexity index is 801. The number of halogens is 3. The molecule has 10 heteroatoms. The van der Waals surface area contributed by atoms with Gasteiger partial charge >= 0.3 is 6.18 Å². The zero-order chi connectivity index (χ0) is 19.3. The first-order chi connectivity index (χ1) is 13.0. The Hall–Kier alpha value is -3.17. The Kier molecular flexibility index (Phi) is 5.53. The zero-order valence-corrected chi connectivity index (χ0v) is 14.2. The van der Waals surface area contributed by atoms with Crippen molar-refractivity contribution in [3.8, 4) is 0 Å². The van der Waals surface area contributed by atoms with E-state index in [0.29, 0.717) is 24.6 Å². The lowest BCUT2D eigenvalue weighted by atomic mass is 10.2. The molecule has 0 spiro atoms. The molecule has 0 aliphatic carbocycles. The smallest absolute Gasteiger partial charge is 0.374 e. The van der Waals surface area contributed by atoms with Crippen molar-refractivity contribution in [3.05, 3.63) is 48.6 Å². The lowest BCUT2D eigenvalue weighted by molar-refractivity contribution is -0.141. The maximum Gasteiger partial charge on any atom is 0.433 e. The summed E-state index contributed by atoms with van der Waals surface area (Å²) in [5.41, 5.74) is 0.230. The summed E-state index contributed by atoms with van der Waals surface area (Å²) in [6, 6.07) is 4.01. The molecule has 1 fully saturated rings. The third kappa shape index (κ3) is 4.72. The third-order valence-corrected chi connectivity index (χ3v) is 4.05. The molecule has 1 N–H and O–H groups in total. The lowest BCUT2D eigenvalue weighted by Gasteiger charge is -2.35. The topological polar surface area (TPSA) is 74.2 Å². The highest BCUT2D eigenvalue weighted by Crippen LogP contribution is 2.30. The molecule has 27 heavy (non-hydrogen) atoms. The summed E-state index contributed by atoms with van der Waals surface area (Å²) in [4.78, 5) is 18.0. The third-order valence-electron chi connectivity index (χ3n) is 4.05. The normalized spacial score (nSPS) is 15.2. The number of carbonyl (C=O) groups excluding carboxylic acids is 1. The molecule has 1 aliphatic heterocycles. The van der Waals surface area contributed by atoms with Crippen LogP contribution in [0.1, 0.15) is 5.69 Å². The fourth-order valence-corrected chi connectivity index (χ4v) is 2.71. The molecule has 1 saturated heterocycles. The summed E-state index contributed by atoms with van der Waals surface area (Å²) < 4.78 is 37.9. The van der Waals surface area contributed by atoms with Crippen molar-refractivity contribution >= 4 is 23.5 Å². The van der Waals surface area contributed by atoms with Gasteiger partial charge in [0, 0.05) is 32.4 Å². The van der Waals surface area contributed by atoms with Gasteiger partial charge in [0.1, 0.15) is 12.0 Å². The zero-order valence-electron chi connectivity index (χ0n) is 14.2. The predicted octanol–water partition coefficient (Wildman–Crippen LogP) is 2.47. The molecule has 7 nitrogen and oxygen atoms in total. The quantitative estimate of drug-likeness (QED) is 0.633. The number of nitrogens with one attached hydrogen (secondary N) is 1. The largest absolute Gasteiger partial charge is 0.433 e. The van der Waals surface area contributed by atoms with Crippen molar-refractivity contribution in [2.24, 2.45) is 0 Å². The SMILES string of the molecule is O=CC=CN1CCN(c2ccnnc2Nc2ccc(C(F)(F)F)nc2)CC1. The minimum absolute atomic E-state index is 0.386. The van der Waals surface area contributed by atoms with Crippen LogP contribution in [-0.4, -0.2) is 52.5 Å². The van der Waals surface area contributed by atoms with Crippen LogP contribution in [0.4, 0.5) is 30.4 Å². The lowest BCUT2D eigenvalue weighted by Crippen LogP contribution is -2.44. The number of aromatic nitrogens is 3. The average Bonchev–Trinajstić information content (AvgIpc) is 2.67. The molecule has 0 radical (unpaired) electrons. The van der Waals surface area contributed by atoms with Crippen molar-refractivity contribution in [2.75, 3.05) is 36.4 Å². The molecule has 0 amide bonds. The van der Waals surface area contributed by atoms with Crippen LogP contribution < -0.4 is 10.2 Å². The van der Waals surface area contributed by atoms with Crippen LogP contribution in [-0.2, 0) is 11.0 Å². The molecule has 142 valence electrons. The number of rotatable bonds is 5. The van der Waals surface area contributed by atoms with Crippen LogP contribution in [0.2, 0.25) is 0 Å². The Balaban J connectivity index is 1.71. The van der Waals surface area contributed by atoms with E-state index in [1.807, 2.05) is 4.90 Å². The Morgan fingerprint density at radius 3 is 2.52 bits per heavy atom. The molecule has 0 bridgehead atoms. The number of nitrogens with zero attached hydrogens (tertiary/aromatic N) is 5. The van der Waals surface area contributed by atoms with Gasteiger partial charge in [0.05, 0.1) is 23.8 Å². The van der Waals surface area contributed by atoms with Crippen molar-refractivity contribution in [3.63, 3.8) is 0 Å². The van der Waals surface area contributed by atoms with Gasteiger partial charge in [-0.1, -0.05) is 0 Å². The van der Waals surface area contributed by atoms with E-state index in [-0.39, 0.29) is 0 Å². The molecule has 0 unspecified atom stereocenters. The van der Waals surface area contributed by atoms with E-state index in [9.17, 15) is 18.0 Å². The van der Waals surface area contributed by atoms with Crippen LogP contribution in [0, 0.1) is 0 Å². The molecule has 3 heterocycles. The van der Waals surface area contributed by atoms with Gasteiger partial charge in [-0.2, -0.15) is 18.3 Å². The monoisotopic (exact) mass is 378 g/mol. The summed E-state index contributed by atoms with van der Waals surface area (Å²) in [6.07, 6.45) is 2.14. The van der Waals surface area contributed by atoms with Crippen LogP contribution in [0.5, 0.6) is 0 Å². The van der Waals surface area contributed by atoms with E-state index < -0.39 is 11.9 Å². The van der Waals surface area contributed by atoms with Crippen molar-refractivity contribution in [1.82, 2.24) is 20.1 Å². The standard InChI is InChI=1S/C17H17F3N6O/c18-17(19,20)15-3-2-13(12-21-15)23-16-14(4-5-22-24-16)26-9-7-25(8-10-26)6-1-11-27/h1-6,11-12H,7-10H2,(H,23,24). The number of hydrogen-bond donors (Lipinski definition) is 1. The fraction of sp³-hybridized carbons (Fsp3) is 0.294. The Labute approximate surface area is 153 Å². The van der Waals surface area contributed by atoms with Crippen molar-refractivity contribution in [1.29, 1.82) is 0 Å². The fourth-order valence-electron chi connectivity index (χ4n) is 2.71. The number of aldehydes is 1. The molecule has 0 atom stereocenters. The summed E-state index contributed by atoms with van der Waals surface area (Å²) in [6.45, 7) is 2.87. The van der Waals surface area contributed by atoms with Crippen LogP contribution in [0.15, 0.2) is 42.9 Å².